The molecule has 0 saturated carbocycles. The molecule has 0 aromatic heterocycles. The normalized spacial score (nSPS) is 10.2. The van der Waals surface area contributed by atoms with E-state index in [4.69, 9.17) is 49.6 Å². The van der Waals surface area contributed by atoms with E-state index in [9.17, 15) is 4.79 Å². The highest BCUT2D eigenvalue weighted by Gasteiger charge is 2.19. The van der Waals surface area contributed by atoms with E-state index in [0.29, 0.717) is 58.4 Å². The van der Waals surface area contributed by atoms with Gasteiger partial charge in [0.05, 0.1) is 30.5 Å². The van der Waals surface area contributed by atoms with Gasteiger partial charge in [0.25, 0.3) is 5.91 Å². The van der Waals surface area contributed by atoms with Gasteiger partial charge < -0.3 is 19.5 Å². The molecule has 0 aliphatic heterocycles. The summed E-state index contributed by atoms with van der Waals surface area (Å²) in [4.78, 5) is 12.7. The number of carbonyl (C=O) groups is 1. The largest absolute Gasteiger partial charge is 0.490 e. The van der Waals surface area contributed by atoms with Crippen LogP contribution < -0.4 is 24.8 Å². The predicted octanol–water partition coefficient (Wildman–Crippen LogP) is 5.32. The minimum absolute atomic E-state index is 0.0731. The summed E-state index contributed by atoms with van der Waals surface area (Å²) in [6.07, 6.45) is 0. The Morgan fingerprint density at radius 2 is 1.55 bits per heavy atom. The summed E-state index contributed by atoms with van der Waals surface area (Å²) in [5, 5.41) is 6.45. The Balaban J connectivity index is 2.24. The number of benzene rings is 2. The molecular formula is C20H22Cl2N2O4S. The van der Waals surface area contributed by atoms with Gasteiger partial charge in [-0.1, -0.05) is 23.2 Å². The van der Waals surface area contributed by atoms with Gasteiger partial charge >= 0.3 is 0 Å². The molecule has 0 atom stereocenters. The van der Waals surface area contributed by atoms with Crippen LogP contribution in [0.15, 0.2) is 30.3 Å². The second-order valence-corrected chi connectivity index (χ2v) is 6.88. The summed E-state index contributed by atoms with van der Waals surface area (Å²) >= 11 is 17.3. The lowest BCUT2D eigenvalue weighted by Gasteiger charge is -2.17. The van der Waals surface area contributed by atoms with Gasteiger partial charge in [0.1, 0.15) is 0 Å². The van der Waals surface area contributed by atoms with Gasteiger partial charge in [-0.2, -0.15) is 0 Å². The van der Waals surface area contributed by atoms with Crippen molar-refractivity contribution in [3.05, 3.63) is 45.9 Å². The highest BCUT2D eigenvalue weighted by Crippen LogP contribution is 2.39. The van der Waals surface area contributed by atoms with Crippen molar-refractivity contribution in [2.24, 2.45) is 0 Å². The third-order valence-corrected chi connectivity index (χ3v) is 4.34. The second-order valence-electron chi connectivity index (χ2n) is 5.63. The number of hydrogen-bond donors (Lipinski definition) is 2. The summed E-state index contributed by atoms with van der Waals surface area (Å²) in [5.41, 5.74) is 0.794. The summed E-state index contributed by atoms with van der Waals surface area (Å²) < 4.78 is 16.9. The van der Waals surface area contributed by atoms with Crippen molar-refractivity contribution in [3.63, 3.8) is 0 Å². The van der Waals surface area contributed by atoms with Crippen LogP contribution in [-0.4, -0.2) is 30.8 Å². The van der Waals surface area contributed by atoms with Crippen LogP contribution in [-0.2, 0) is 0 Å². The maximum absolute atomic E-state index is 12.7. The number of anilines is 1. The van der Waals surface area contributed by atoms with Crippen LogP contribution in [0.2, 0.25) is 10.0 Å². The first-order valence-electron chi connectivity index (χ1n) is 9.03. The first kappa shape index (κ1) is 23.1. The Morgan fingerprint density at radius 3 is 2.10 bits per heavy atom. The molecule has 1 amide bonds. The van der Waals surface area contributed by atoms with E-state index < -0.39 is 5.91 Å². The van der Waals surface area contributed by atoms with E-state index in [2.05, 4.69) is 10.6 Å². The Kier molecular flexibility index (Phi) is 8.82. The number of carbonyl (C=O) groups excluding carboxylic acids is 1. The van der Waals surface area contributed by atoms with Crippen molar-refractivity contribution in [3.8, 4) is 17.2 Å². The van der Waals surface area contributed by atoms with Gasteiger partial charge in [0.2, 0.25) is 5.75 Å². The minimum atomic E-state index is -0.439. The van der Waals surface area contributed by atoms with Gasteiger partial charge in [-0.3, -0.25) is 10.1 Å². The van der Waals surface area contributed by atoms with Crippen LogP contribution in [0.3, 0.4) is 0 Å². The molecule has 0 saturated heterocycles. The number of rotatable bonds is 8. The lowest BCUT2D eigenvalue weighted by Crippen LogP contribution is -2.34. The molecule has 9 heteroatoms. The number of amides is 1. The maximum Gasteiger partial charge on any atom is 0.257 e. The van der Waals surface area contributed by atoms with E-state index in [1.165, 1.54) is 0 Å². The lowest BCUT2D eigenvalue weighted by atomic mass is 10.1. The van der Waals surface area contributed by atoms with Crippen molar-refractivity contribution in [2.75, 3.05) is 25.1 Å². The summed E-state index contributed by atoms with van der Waals surface area (Å²) in [5.74, 6) is 0.856. The van der Waals surface area contributed by atoms with Gasteiger partial charge in [0.15, 0.2) is 16.6 Å². The monoisotopic (exact) mass is 456 g/mol. The van der Waals surface area contributed by atoms with E-state index in [1.807, 2.05) is 20.8 Å². The Morgan fingerprint density at radius 1 is 0.966 bits per heavy atom. The Labute approximate surface area is 185 Å². The fourth-order valence-electron chi connectivity index (χ4n) is 2.44. The highest BCUT2D eigenvalue weighted by atomic mass is 35.5. The topological polar surface area (TPSA) is 68.8 Å². The smallest absolute Gasteiger partial charge is 0.257 e. The van der Waals surface area contributed by atoms with Crippen molar-refractivity contribution < 1.29 is 19.0 Å². The molecule has 2 aromatic carbocycles. The lowest BCUT2D eigenvalue weighted by molar-refractivity contribution is 0.0976. The highest BCUT2D eigenvalue weighted by molar-refractivity contribution is 7.80. The molecule has 156 valence electrons. The molecule has 2 aromatic rings. The van der Waals surface area contributed by atoms with Gasteiger partial charge in [0, 0.05) is 10.6 Å². The zero-order valence-electron chi connectivity index (χ0n) is 16.3. The van der Waals surface area contributed by atoms with Crippen LogP contribution in [0.1, 0.15) is 31.1 Å². The van der Waals surface area contributed by atoms with Crippen LogP contribution in [0.25, 0.3) is 0 Å². The third kappa shape index (κ3) is 6.39. The second kappa shape index (κ2) is 11.1. The molecule has 0 unspecified atom stereocenters. The summed E-state index contributed by atoms with van der Waals surface area (Å²) in [6.45, 7) is 6.79. The zero-order chi connectivity index (χ0) is 21.4. The fourth-order valence-corrected chi connectivity index (χ4v) is 2.98. The number of nitrogens with one attached hydrogen (secondary N) is 2. The molecule has 0 aliphatic rings. The molecule has 6 nitrogen and oxygen atoms in total. The number of thiocarbonyl (C=S) groups is 1. The number of ether oxygens (including phenoxy) is 3. The molecular weight excluding hydrogens is 435 g/mol. The first-order chi connectivity index (χ1) is 13.9. The molecule has 0 heterocycles. The third-order valence-electron chi connectivity index (χ3n) is 3.57. The predicted molar refractivity (Wildman–Crippen MR) is 120 cm³/mol. The fraction of sp³-hybridized carbons (Fsp3) is 0.300. The van der Waals surface area contributed by atoms with E-state index in [1.54, 1.807) is 30.3 Å². The molecule has 0 bridgehead atoms. The molecule has 2 rings (SSSR count). The zero-order valence-corrected chi connectivity index (χ0v) is 18.6. The molecule has 0 radical (unpaired) electrons. The first-order valence-corrected chi connectivity index (χ1v) is 10.2. The Hall–Kier alpha value is -2.22. The minimum Gasteiger partial charge on any atom is -0.490 e. The van der Waals surface area contributed by atoms with Crippen LogP contribution in [0, 0.1) is 0 Å². The molecule has 2 N–H and O–H groups in total. The van der Waals surface area contributed by atoms with Gasteiger partial charge in [-0.05, 0) is 63.3 Å². The van der Waals surface area contributed by atoms with Crippen molar-refractivity contribution >= 4 is 52.1 Å². The van der Waals surface area contributed by atoms with Crippen molar-refractivity contribution in [1.82, 2.24) is 5.32 Å². The number of halogens is 2. The standard InChI is InChI=1S/C20H22Cl2N2O4S/c1-4-26-16-9-12(10-17(27-5-2)18(16)28-6-3)19(25)24-20(29)23-15-11-13(21)7-8-14(15)22/h7-11H,4-6H2,1-3H3,(H2,23,24,25,29). The van der Waals surface area contributed by atoms with E-state index in [-0.39, 0.29) is 5.11 Å². The average Bonchev–Trinajstić information content (AvgIpc) is 2.67. The molecule has 29 heavy (non-hydrogen) atoms. The Bertz CT molecular complexity index is 866. The maximum atomic E-state index is 12.7. The van der Waals surface area contributed by atoms with Crippen LogP contribution >= 0.6 is 35.4 Å². The van der Waals surface area contributed by atoms with E-state index >= 15 is 0 Å². The van der Waals surface area contributed by atoms with Gasteiger partial charge in [-0.25, -0.2) is 0 Å². The number of hydrogen-bond acceptors (Lipinski definition) is 5. The van der Waals surface area contributed by atoms with Crippen LogP contribution in [0.5, 0.6) is 17.2 Å². The SMILES string of the molecule is CCOc1cc(C(=O)NC(=S)Nc2cc(Cl)ccc2Cl)cc(OCC)c1OCC. The molecule has 0 spiro atoms. The van der Waals surface area contributed by atoms with E-state index in [0.717, 1.165) is 0 Å². The van der Waals surface area contributed by atoms with Crippen LogP contribution in [0.4, 0.5) is 5.69 Å². The van der Waals surface area contributed by atoms with Crippen molar-refractivity contribution in [2.45, 2.75) is 20.8 Å². The quantitative estimate of drug-likeness (QED) is 0.524. The summed E-state index contributed by atoms with van der Waals surface area (Å²) in [6, 6.07) is 8.06. The van der Waals surface area contributed by atoms with Gasteiger partial charge in [-0.15, -0.1) is 0 Å². The van der Waals surface area contributed by atoms with Crippen molar-refractivity contribution in [1.29, 1.82) is 0 Å². The molecule has 0 fully saturated rings. The summed E-state index contributed by atoms with van der Waals surface area (Å²) in [7, 11) is 0. The molecule has 0 aliphatic carbocycles. The average molecular weight is 457 g/mol.